The molecule has 0 radical (unpaired) electrons. The van der Waals surface area contributed by atoms with E-state index < -0.39 is 23.6 Å². The molecule has 30 heavy (non-hydrogen) atoms. The first-order valence-electron chi connectivity index (χ1n) is 9.89. The second-order valence-electron chi connectivity index (χ2n) is 8.55. The van der Waals surface area contributed by atoms with E-state index in [0.29, 0.717) is 28.3 Å². The van der Waals surface area contributed by atoms with E-state index in [1.165, 1.54) is 6.07 Å². The van der Waals surface area contributed by atoms with Crippen molar-refractivity contribution in [1.29, 1.82) is 0 Å². The maximum Gasteiger partial charge on any atom is 0.410 e. The van der Waals surface area contributed by atoms with Crippen LogP contribution in [0, 0.1) is 12.7 Å². The lowest BCUT2D eigenvalue weighted by Gasteiger charge is -2.41. The Balaban J connectivity index is 1.88. The topological polar surface area (TPSA) is 85.9 Å². The maximum atomic E-state index is 14.5. The van der Waals surface area contributed by atoms with Crippen LogP contribution in [0.15, 0.2) is 16.6 Å². The summed E-state index contributed by atoms with van der Waals surface area (Å²) in [5.74, 6) is -0.855. The minimum atomic E-state index is -0.622. The Kier molecular flexibility index (Phi) is 6.43. The van der Waals surface area contributed by atoms with Crippen LogP contribution >= 0.6 is 15.9 Å². The molecule has 1 aliphatic heterocycles. The number of aliphatic hydroxyl groups is 1. The number of aromatic nitrogens is 1. The molecule has 1 atom stereocenters. The molecular weight excluding hydrogens is 457 g/mol. The van der Waals surface area contributed by atoms with E-state index in [0.717, 1.165) is 5.69 Å². The first kappa shape index (κ1) is 22.6. The van der Waals surface area contributed by atoms with E-state index in [1.807, 2.05) is 6.92 Å². The Morgan fingerprint density at radius 1 is 1.33 bits per heavy atom. The number of aryl methyl sites for hydroxylation is 1. The van der Waals surface area contributed by atoms with E-state index in [9.17, 15) is 19.1 Å². The molecule has 0 bridgehead atoms. The van der Waals surface area contributed by atoms with Gasteiger partial charge in [-0.05, 0) is 62.2 Å². The van der Waals surface area contributed by atoms with Crippen LogP contribution in [-0.4, -0.2) is 69.8 Å². The van der Waals surface area contributed by atoms with Crippen LogP contribution < -0.4 is 0 Å². The lowest BCUT2D eigenvalue weighted by Crippen LogP contribution is -2.57. The van der Waals surface area contributed by atoms with E-state index >= 15 is 0 Å². The Hall–Kier alpha value is -2.13. The molecule has 2 amide bonds. The predicted octanol–water partition coefficient (Wildman–Crippen LogP) is 3.82. The van der Waals surface area contributed by atoms with Crippen LogP contribution in [0.3, 0.4) is 0 Å². The van der Waals surface area contributed by atoms with E-state index in [-0.39, 0.29) is 31.2 Å². The zero-order valence-electron chi connectivity index (χ0n) is 17.6. The average Bonchev–Trinajstić information content (AvgIpc) is 3.05. The summed E-state index contributed by atoms with van der Waals surface area (Å²) in [4.78, 5) is 32.1. The Morgan fingerprint density at radius 2 is 2.03 bits per heavy atom. The van der Waals surface area contributed by atoms with Crippen molar-refractivity contribution < 1.29 is 23.8 Å². The number of H-pyrrole nitrogens is 1. The summed E-state index contributed by atoms with van der Waals surface area (Å²) in [6.45, 7) is 7.89. The number of aliphatic hydroxyl groups excluding tert-OH is 1. The molecule has 0 spiro atoms. The molecule has 1 aliphatic rings. The summed E-state index contributed by atoms with van der Waals surface area (Å²) in [5.41, 5.74) is 0.977. The van der Waals surface area contributed by atoms with Crippen molar-refractivity contribution in [2.75, 3.05) is 26.2 Å². The first-order valence-corrected chi connectivity index (χ1v) is 10.7. The summed E-state index contributed by atoms with van der Waals surface area (Å²) in [6.07, 6.45) is -0.147. The summed E-state index contributed by atoms with van der Waals surface area (Å²) in [5, 5.41) is 10.1. The minimum Gasteiger partial charge on any atom is -0.444 e. The number of benzene rings is 1. The van der Waals surface area contributed by atoms with Gasteiger partial charge in [-0.15, -0.1) is 0 Å². The fraction of sp³-hybridized carbons (Fsp3) is 0.524. The van der Waals surface area contributed by atoms with Gasteiger partial charge in [-0.3, -0.25) is 4.79 Å². The van der Waals surface area contributed by atoms with E-state index in [1.54, 1.807) is 36.6 Å². The average molecular weight is 484 g/mol. The lowest BCUT2D eigenvalue weighted by molar-refractivity contribution is 0.00181. The number of halogens is 2. The number of rotatable bonds is 3. The van der Waals surface area contributed by atoms with Crippen molar-refractivity contribution >= 4 is 38.8 Å². The molecule has 2 heterocycles. The van der Waals surface area contributed by atoms with Gasteiger partial charge in [0.1, 0.15) is 11.4 Å². The third kappa shape index (κ3) is 4.62. The second kappa shape index (κ2) is 8.55. The van der Waals surface area contributed by atoms with Gasteiger partial charge in [0.15, 0.2) is 0 Å². The fourth-order valence-electron chi connectivity index (χ4n) is 3.70. The number of amides is 2. The number of hydrogen-bond acceptors (Lipinski definition) is 4. The Bertz CT molecular complexity index is 969. The third-order valence-corrected chi connectivity index (χ3v) is 5.83. The van der Waals surface area contributed by atoms with Gasteiger partial charge < -0.3 is 24.6 Å². The lowest BCUT2D eigenvalue weighted by atomic mass is 10.0. The highest BCUT2D eigenvalue weighted by Crippen LogP contribution is 2.32. The van der Waals surface area contributed by atoms with Crippen molar-refractivity contribution in [3.8, 4) is 0 Å². The van der Waals surface area contributed by atoms with Gasteiger partial charge in [0, 0.05) is 37.3 Å². The van der Waals surface area contributed by atoms with Crippen LogP contribution in [0.1, 0.15) is 43.2 Å². The highest BCUT2D eigenvalue weighted by atomic mass is 79.9. The zero-order valence-corrected chi connectivity index (χ0v) is 19.2. The first-order chi connectivity index (χ1) is 14.0. The summed E-state index contributed by atoms with van der Waals surface area (Å²) < 4.78 is 20.2. The molecule has 2 N–H and O–H groups in total. The van der Waals surface area contributed by atoms with Gasteiger partial charge >= 0.3 is 6.09 Å². The van der Waals surface area contributed by atoms with Crippen LogP contribution in [0.2, 0.25) is 0 Å². The number of ether oxygens (including phenoxy) is 1. The van der Waals surface area contributed by atoms with Crippen LogP contribution in [0.4, 0.5) is 9.18 Å². The monoisotopic (exact) mass is 483 g/mol. The van der Waals surface area contributed by atoms with Crippen molar-refractivity contribution in [1.82, 2.24) is 14.8 Å². The molecule has 0 unspecified atom stereocenters. The van der Waals surface area contributed by atoms with Crippen molar-refractivity contribution in [3.05, 3.63) is 33.7 Å². The molecule has 9 heteroatoms. The number of carbonyl (C=O) groups excluding carboxylic acids is 2. The third-order valence-electron chi connectivity index (χ3n) is 5.03. The smallest absolute Gasteiger partial charge is 0.410 e. The predicted molar refractivity (Wildman–Crippen MR) is 115 cm³/mol. The van der Waals surface area contributed by atoms with Crippen LogP contribution in [0.5, 0.6) is 0 Å². The quantitative estimate of drug-likeness (QED) is 0.694. The Labute approximate surface area is 183 Å². The molecule has 1 saturated heterocycles. The van der Waals surface area contributed by atoms with Gasteiger partial charge in [0.05, 0.1) is 21.6 Å². The summed E-state index contributed by atoms with van der Waals surface area (Å²) in [6, 6.07) is 2.60. The van der Waals surface area contributed by atoms with Gasteiger partial charge in [-0.1, -0.05) is 0 Å². The molecule has 2 aromatic rings. The molecule has 0 aliphatic carbocycles. The molecule has 1 aromatic heterocycles. The summed E-state index contributed by atoms with van der Waals surface area (Å²) >= 11 is 3.25. The van der Waals surface area contributed by atoms with Crippen molar-refractivity contribution in [2.45, 2.75) is 45.8 Å². The second-order valence-corrected chi connectivity index (χ2v) is 9.34. The largest absolute Gasteiger partial charge is 0.444 e. The van der Waals surface area contributed by atoms with Gasteiger partial charge in [0.2, 0.25) is 0 Å². The number of aromatic amines is 1. The summed E-state index contributed by atoms with van der Waals surface area (Å²) in [7, 11) is 0. The number of hydrogen-bond donors (Lipinski definition) is 2. The normalized spacial score (nSPS) is 17.5. The molecule has 7 nitrogen and oxygen atoms in total. The highest BCUT2D eigenvalue weighted by Gasteiger charge is 2.35. The van der Waals surface area contributed by atoms with Gasteiger partial charge in [0.25, 0.3) is 5.91 Å². The Morgan fingerprint density at radius 3 is 2.67 bits per heavy atom. The van der Waals surface area contributed by atoms with E-state index in [4.69, 9.17) is 4.74 Å². The van der Waals surface area contributed by atoms with Gasteiger partial charge in [-0.25, -0.2) is 9.18 Å². The minimum absolute atomic E-state index is 0.137. The van der Waals surface area contributed by atoms with Gasteiger partial charge in [-0.2, -0.15) is 0 Å². The molecule has 0 saturated carbocycles. The van der Waals surface area contributed by atoms with Crippen molar-refractivity contribution in [2.24, 2.45) is 0 Å². The molecular formula is C21H27BrFN3O4. The number of carbonyl (C=O) groups is 2. The highest BCUT2D eigenvalue weighted by molar-refractivity contribution is 9.10. The molecule has 164 valence electrons. The van der Waals surface area contributed by atoms with Crippen LogP contribution in [0.25, 0.3) is 10.9 Å². The fourth-order valence-corrected chi connectivity index (χ4v) is 4.13. The molecule has 1 fully saturated rings. The maximum absolute atomic E-state index is 14.5. The SMILES string of the molecule is Cc1cc2c(Br)c(F)cc(C(=O)N3CCN(C(=O)OC(C)(C)C)C[C@@H]3CCO)c2[nH]1. The standard InChI is InChI=1S/C21H27BrFN3O4/c1-12-9-14-17(22)16(23)10-15(18(14)24-12)19(28)26-7-6-25(11-13(26)5-8-27)20(29)30-21(2,3)4/h9-10,13,24,27H,5-8,11H2,1-4H3/t13-/m0/s1. The number of nitrogens with one attached hydrogen (secondary N) is 1. The van der Waals surface area contributed by atoms with Crippen LogP contribution in [-0.2, 0) is 4.74 Å². The zero-order chi connectivity index (χ0) is 22.2. The van der Waals surface area contributed by atoms with E-state index in [2.05, 4.69) is 20.9 Å². The number of fused-ring (bicyclic) bond motifs is 1. The number of piperazine rings is 1. The number of nitrogens with zero attached hydrogens (tertiary/aromatic N) is 2. The molecule has 1 aromatic carbocycles. The molecule has 3 rings (SSSR count). The van der Waals surface area contributed by atoms with Crippen molar-refractivity contribution in [3.63, 3.8) is 0 Å².